The Morgan fingerprint density at radius 3 is 2.80 bits per heavy atom. The Morgan fingerprint density at radius 1 is 1.30 bits per heavy atom. The van der Waals surface area contributed by atoms with E-state index in [1.165, 1.54) is 0 Å². The Balaban J connectivity index is 1.75. The quantitative estimate of drug-likeness (QED) is 0.888. The third kappa shape index (κ3) is 2.18. The van der Waals surface area contributed by atoms with Gasteiger partial charge < -0.3 is 9.88 Å². The number of nitrogens with zero attached hydrogens (tertiary/aromatic N) is 6. The Kier molecular flexibility index (Phi) is 3.48. The number of imidazole rings is 1. The summed E-state index contributed by atoms with van der Waals surface area (Å²) in [6.07, 6.45) is 4.06. The van der Waals surface area contributed by atoms with E-state index in [1.54, 1.807) is 12.7 Å². The van der Waals surface area contributed by atoms with E-state index >= 15 is 0 Å². The van der Waals surface area contributed by atoms with Crippen LogP contribution in [-0.2, 0) is 0 Å². The number of aromatic nitrogens is 4. The minimum Gasteiger partial charge on any atom is -0.352 e. The molecule has 1 saturated heterocycles. The average Bonchev–Trinajstić information content (AvgIpc) is 2.98. The fourth-order valence-corrected chi connectivity index (χ4v) is 2.67. The van der Waals surface area contributed by atoms with Gasteiger partial charge in [-0.2, -0.15) is 5.26 Å². The van der Waals surface area contributed by atoms with Crippen molar-refractivity contribution in [1.29, 1.82) is 5.26 Å². The second kappa shape index (κ2) is 5.43. The number of aromatic amines is 1. The molecule has 0 aliphatic carbocycles. The first kappa shape index (κ1) is 12.8. The van der Waals surface area contributed by atoms with Crippen LogP contribution < -0.4 is 4.90 Å². The molecule has 0 aromatic carbocycles. The molecule has 1 N–H and O–H groups in total. The Morgan fingerprint density at radius 2 is 2.10 bits per heavy atom. The van der Waals surface area contributed by atoms with Gasteiger partial charge in [-0.3, -0.25) is 4.90 Å². The van der Waals surface area contributed by atoms with E-state index in [2.05, 4.69) is 42.7 Å². The standard InChI is InChI=1S/C13H17N7/c1-2-10(7-14)19-3-5-20(6-4-19)13-11-12(16-8-15-11)17-9-18-13/h8-10H,2-6H2,1H3,(H,15,16,17,18). The van der Waals surface area contributed by atoms with Crippen molar-refractivity contribution >= 4 is 17.0 Å². The number of anilines is 1. The molecule has 7 heteroatoms. The number of piperazine rings is 1. The lowest BCUT2D eigenvalue weighted by Crippen LogP contribution is -2.50. The van der Waals surface area contributed by atoms with Crippen LogP contribution in [0.2, 0.25) is 0 Å². The number of H-pyrrole nitrogens is 1. The van der Waals surface area contributed by atoms with Crippen LogP contribution in [0.3, 0.4) is 0 Å². The number of hydrogen-bond acceptors (Lipinski definition) is 6. The van der Waals surface area contributed by atoms with Gasteiger partial charge in [0.25, 0.3) is 0 Å². The molecule has 0 saturated carbocycles. The first-order valence-electron chi connectivity index (χ1n) is 6.86. The number of nitrogens with one attached hydrogen (secondary N) is 1. The van der Waals surface area contributed by atoms with Crippen LogP contribution in [0.15, 0.2) is 12.7 Å². The molecule has 1 unspecified atom stereocenters. The third-order valence-electron chi connectivity index (χ3n) is 3.79. The zero-order chi connectivity index (χ0) is 13.9. The topological polar surface area (TPSA) is 84.7 Å². The van der Waals surface area contributed by atoms with Crippen LogP contribution in [0.5, 0.6) is 0 Å². The van der Waals surface area contributed by atoms with E-state index in [0.717, 1.165) is 43.9 Å². The van der Waals surface area contributed by atoms with Crippen LogP contribution in [0.1, 0.15) is 13.3 Å². The summed E-state index contributed by atoms with van der Waals surface area (Å²) in [6, 6.07) is 2.39. The van der Waals surface area contributed by atoms with E-state index < -0.39 is 0 Å². The van der Waals surface area contributed by atoms with Crippen molar-refractivity contribution in [2.24, 2.45) is 0 Å². The highest BCUT2D eigenvalue weighted by atomic mass is 15.3. The minimum absolute atomic E-state index is 0.0229. The highest BCUT2D eigenvalue weighted by molar-refractivity contribution is 5.82. The van der Waals surface area contributed by atoms with Crippen LogP contribution in [-0.4, -0.2) is 57.1 Å². The average molecular weight is 271 g/mol. The molecule has 1 fully saturated rings. The zero-order valence-corrected chi connectivity index (χ0v) is 11.5. The van der Waals surface area contributed by atoms with Gasteiger partial charge in [-0.25, -0.2) is 15.0 Å². The van der Waals surface area contributed by atoms with Gasteiger partial charge in [-0.15, -0.1) is 0 Å². The Hall–Kier alpha value is -2.20. The van der Waals surface area contributed by atoms with E-state index in [1.807, 2.05) is 0 Å². The lowest BCUT2D eigenvalue weighted by atomic mass is 10.2. The third-order valence-corrected chi connectivity index (χ3v) is 3.79. The van der Waals surface area contributed by atoms with Crippen LogP contribution >= 0.6 is 0 Å². The summed E-state index contributed by atoms with van der Waals surface area (Å²) in [5, 5.41) is 9.14. The first-order chi connectivity index (χ1) is 9.83. The van der Waals surface area contributed by atoms with Crippen molar-refractivity contribution in [3.63, 3.8) is 0 Å². The molecule has 2 aromatic rings. The molecule has 104 valence electrons. The summed E-state index contributed by atoms with van der Waals surface area (Å²) in [7, 11) is 0. The second-order valence-electron chi connectivity index (χ2n) is 4.87. The molecule has 1 atom stereocenters. The molecule has 2 aromatic heterocycles. The van der Waals surface area contributed by atoms with E-state index in [-0.39, 0.29) is 6.04 Å². The fourth-order valence-electron chi connectivity index (χ4n) is 2.67. The maximum Gasteiger partial charge on any atom is 0.182 e. The molecule has 0 radical (unpaired) electrons. The van der Waals surface area contributed by atoms with E-state index in [4.69, 9.17) is 5.26 Å². The van der Waals surface area contributed by atoms with Gasteiger partial charge in [0.1, 0.15) is 11.8 Å². The van der Waals surface area contributed by atoms with Gasteiger partial charge in [-0.05, 0) is 6.42 Å². The predicted octanol–water partition coefficient (Wildman–Crippen LogP) is 0.777. The monoisotopic (exact) mass is 271 g/mol. The van der Waals surface area contributed by atoms with Crippen LogP contribution in [0.4, 0.5) is 5.82 Å². The molecular weight excluding hydrogens is 254 g/mol. The molecule has 3 heterocycles. The number of rotatable bonds is 3. The maximum absolute atomic E-state index is 9.14. The van der Waals surface area contributed by atoms with E-state index in [0.29, 0.717) is 5.65 Å². The molecule has 1 aliphatic rings. The van der Waals surface area contributed by atoms with Crippen molar-refractivity contribution in [1.82, 2.24) is 24.8 Å². The number of nitriles is 1. The van der Waals surface area contributed by atoms with E-state index in [9.17, 15) is 0 Å². The molecule has 0 spiro atoms. The highest BCUT2D eigenvalue weighted by Gasteiger charge is 2.24. The van der Waals surface area contributed by atoms with Crippen LogP contribution in [0, 0.1) is 11.3 Å². The van der Waals surface area contributed by atoms with Crippen LogP contribution in [0.25, 0.3) is 11.2 Å². The normalized spacial score (nSPS) is 18.1. The van der Waals surface area contributed by atoms with Crippen molar-refractivity contribution in [3.05, 3.63) is 12.7 Å². The van der Waals surface area contributed by atoms with Crippen molar-refractivity contribution in [2.45, 2.75) is 19.4 Å². The molecule has 7 nitrogen and oxygen atoms in total. The lowest BCUT2D eigenvalue weighted by Gasteiger charge is -2.37. The second-order valence-corrected chi connectivity index (χ2v) is 4.87. The Labute approximate surface area is 117 Å². The summed E-state index contributed by atoms with van der Waals surface area (Å²) in [5.41, 5.74) is 1.58. The van der Waals surface area contributed by atoms with Gasteiger partial charge in [0, 0.05) is 26.2 Å². The molecule has 0 bridgehead atoms. The molecule has 1 aliphatic heterocycles. The van der Waals surface area contributed by atoms with Gasteiger partial charge in [0.2, 0.25) is 0 Å². The zero-order valence-electron chi connectivity index (χ0n) is 11.5. The largest absolute Gasteiger partial charge is 0.352 e. The van der Waals surface area contributed by atoms with Crippen molar-refractivity contribution < 1.29 is 0 Å². The van der Waals surface area contributed by atoms with Gasteiger partial charge >= 0.3 is 0 Å². The first-order valence-corrected chi connectivity index (χ1v) is 6.86. The summed E-state index contributed by atoms with van der Waals surface area (Å²) in [6.45, 7) is 5.54. The lowest BCUT2D eigenvalue weighted by molar-refractivity contribution is 0.216. The number of hydrogen-bond donors (Lipinski definition) is 1. The van der Waals surface area contributed by atoms with Crippen molar-refractivity contribution in [3.8, 4) is 6.07 Å². The summed E-state index contributed by atoms with van der Waals surface area (Å²) in [5.74, 6) is 0.900. The predicted molar refractivity (Wildman–Crippen MR) is 75.2 cm³/mol. The fraction of sp³-hybridized carbons (Fsp3) is 0.538. The van der Waals surface area contributed by atoms with Gasteiger partial charge in [-0.1, -0.05) is 6.92 Å². The van der Waals surface area contributed by atoms with Gasteiger partial charge in [0.15, 0.2) is 11.5 Å². The molecule has 3 rings (SSSR count). The molecular formula is C13H17N7. The smallest absolute Gasteiger partial charge is 0.182 e. The minimum atomic E-state index is 0.0229. The number of fused-ring (bicyclic) bond motifs is 1. The summed E-state index contributed by atoms with van der Waals surface area (Å²) >= 11 is 0. The summed E-state index contributed by atoms with van der Waals surface area (Å²) < 4.78 is 0. The van der Waals surface area contributed by atoms with Gasteiger partial charge in [0.05, 0.1) is 18.4 Å². The Bertz CT molecular complexity index is 621. The maximum atomic E-state index is 9.14. The molecule has 20 heavy (non-hydrogen) atoms. The van der Waals surface area contributed by atoms with Crippen molar-refractivity contribution in [2.75, 3.05) is 31.1 Å². The SMILES string of the molecule is CCC(C#N)N1CCN(c2ncnc3nc[nH]c23)CC1. The highest BCUT2D eigenvalue weighted by Crippen LogP contribution is 2.21. The summed E-state index contributed by atoms with van der Waals surface area (Å²) in [4.78, 5) is 20.2. The molecule has 0 amide bonds.